The van der Waals surface area contributed by atoms with Crippen LogP contribution in [0.25, 0.3) is 0 Å². The fraction of sp³-hybridized carbons (Fsp3) is 0.854. The number of hydrogen-bond donors (Lipinski definition) is 6. The average molecular weight is 818 g/mol. The van der Waals surface area contributed by atoms with Gasteiger partial charge in [0.05, 0.1) is 65.2 Å². The fourth-order valence-corrected chi connectivity index (χ4v) is 5.78. The lowest BCUT2D eigenvalue weighted by Gasteiger charge is -2.14. The Balaban J connectivity index is 3.49. The Bertz CT molecular complexity index is 1060. The largest absolute Gasteiger partial charge is 0.481 e. The number of amides is 3. The second kappa shape index (κ2) is 39.5. The van der Waals surface area contributed by atoms with Crippen molar-refractivity contribution in [2.24, 2.45) is 5.92 Å². The van der Waals surface area contributed by atoms with E-state index < -0.39 is 29.9 Å². The normalized spacial score (nSPS) is 12.2. The third-order valence-corrected chi connectivity index (χ3v) is 9.30. The Hall–Kier alpha value is -3.34. The molecule has 0 spiro atoms. The summed E-state index contributed by atoms with van der Waals surface area (Å²) in [4.78, 5) is 69.1. The van der Waals surface area contributed by atoms with Crippen molar-refractivity contribution in [2.45, 2.75) is 154 Å². The van der Waals surface area contributed by atoms with Crippen molar-refractivity contribution in [1.29, 1.82) is 0 Å². The highest BCUT2D eigenvalue weighted by atomic mass is 16.6. The molecule has 2 atom stereocenters. The maximum Gasteiger partial charge on any atom is 0.326 e. The zero-order chi connectivity index (χ0) is 42.2. The summed E-state index contributed by atoms with van der Waals surface area (Å²) in [6.07, 6.45) is 18.0. The van der Waals surface area contributed by atoms with Gasteiger partial charge in [0.1, 0.15) is 6.04 Å². The van der Waals surface area contributed by atoms with Gasteiger partial charge in [-0.2, -0.15) is 0 Å². The number of ether oxygens (including phenoxy) is 4. The Morgan fingerprint density at radius 1 is 0.421 bits per heavy atom. The third-order valence-electron chi connectivity index (χ3n) is 9.30. The summed E-state index contributed by atoms with van der Waals surface area (Å²) < 4.78 is 21.3. The van der Waals surface area contributed by atoms with E-state index in [0.29, 0.717) is 91.4 Å². The van der Waals surface area contributed by atoms with Crippen LogP contribution in [0.2, 0.25) is 0 Å². The SMILES string of the molecule is C[C@@H](CCCCNC(=O)CC[C@H](NC(=O)CCCCCCCCCCCCCCCCC(=O)NCCOCCOCCOCCOCCC(=O)O)C(=O)O)C(=O)O. The second-order valence-electron chi connectivity index (χ2n) is 14.5. The Morgan fingerprint density at radius 3 is 1.32 bits per heavy atom. The smallest absolute Gasteiger partial charge is 0.326 e. The maximum atomic E-state index is 12.3. The Kier molecular flexibility index (Phi) is 37.2. The average Bonchev–Trinajstić information content (AvgIpc) is 3.17. The van der Waals surface area contributed by atoms with E-state index in [1.807, 2.05) is 0 Å². The molecule has 16 heteroatoms. The number of hydrogen-bond acceptors (Lipinski definition) is 10. The minimum atomic E-state index is -1.16. The zero-order valence-corrected chi connectivity index (χ0v) is 34.7. The third kappa shape index (κ3) is 39.3. The summed E-state index contributed by atoms with van der Waals surface area (Å²) in [6.45, 7) is 5.62. The van der Waals surface area contributed by atoms with Gasteiger partial charge in [-0.25, -0.2) is 4.79 Å². The Morgan fingerprint density at radius 2 is 0.842 bits per heavy atom. The van der Waals surface area contributed by atoms with Gasteiger partial charge < -0.3 is 50.2 Å². The highest BCUT2D eigenvalue weighted by Crippen LogP contribution is 2.14. The molecular weight excluding hydrogens is 742 g/mol. The molecule has 0 bridgehead atoms. The van der Waals surface area contributed by atoms with Crippen molar-refractivity contribution in [2.75, 3.05) is 65.9 Å². The van der Waals surface area contributed by atoms with Gasteiger partial charge in [0.25, 0.3) is 0 Å². The Labute approximate surface area is 340 Å². The standard InChI is InChI=1S/C41H75N3O13/c1-34(40(50)51)18-16-17-24-42-37(46)22-21-35(41(52)53)44-38(47)20-15-13-11-9-7-5-3-2-4-6-8-10-12-14-19-36(45)43-25-27-55-29-31-57-33-32-56-30-28-54-26-23-39(48)49/h34-35H,2-33H2,1H3,(H,42,46)(H,43,45)(H,44,47)(H,48,49)(H,50,51)(H,52,53)/t34-,35-/m0/s1. The molecule has 16 nitrogen and oxygen atoms in total. The number of carbonyl (C=O) groups is 6. The van der Waals surface area contributed by atoms with Crippen molar-refractivity contribution in [3.8, 4) is 0 Å². The molecule has 3 amide bonds. The van der Waals surface area contributed by atoms with Gasteiger partial charge in [0, 0.05) is 32.4 Å². The van der Waals surface area contributed by atoms with E-state index >= 15 is 0 Å². The van der Waals surface area contributed by atoms with Crippen molar-refractivity contribution in [3.05, 3.63) is 0 Å². The molecule has 0 aliphatic rings. The molecule has 0 aromatic carbocycles. The maximum absolute atomic E-state index is 12.3. The molecule has 0 fully saturated rings. The zero-order valence-electron chi connectivity index (χ0n) is 34.7. The summed E-state index contributed by atoms with van der Waals surface area (Å²) in [6, 6.07) is -1.10. The summed E-state index contributed by atoms with van der Waals surface area (Å²) in [5.74, 6) is -3.85. The number of rotatable bonds is 43. The molecule has 0 aromatic heterocycles. The van der Waals surface area contributed by atoms with Crippen LogP contribution in [0.3, 0.4) is 0 Å². The minimum Gasteiger partial charge on any atom is -0.481 e. The molecule has 0 unspecified atom stereocenters. The first-order chi connectivity index (χ1) is 27.5. The molecule has 0 saturated carbocycles. The summed E-state index contributed by atoms with van der Waals surface area (Å²) in [7, 11) is 0. The lowest BCUT2D eigenvalue weighted by atomic mass is 10.0. The molecule has 0 heterocycles. The van der Waals surface area contributed by atoms with Crippen LogP contribution < -0.4 is 16.0 Å². The monoisotopic (exact) mass is 818 g/mol. The molecule has 57 heavy (non-hydrogen) atoms. The van der Waals surface area contributed by atoms with Crippen LogP contribution in [0.15, 0.2) is 0 Å². The van der Waals surface area contributed by atoms with E-state index in [9.17, 15) is 33.9 Å². The number of carboxylic acids is 3. The van der Waals surface area contributed by atoms with Crippen molar-refractivity contribution in [1.82, 2.24) is 16.0 Å². The van der Waals surface area contributed by atoms with Crippen LogP contribution in [0.4, 0.5) is 0 Å². The van der Waals surface area contributed by atoms with E-state index in [1.165, 1.54) is 44.9 Å². The van der Waals surface area contributed by atoms with E-state index in [-0.39, 0.29) is 50.0 Å². The number of carboxylic acid groups (broad SMARTS) is 3. The van der Waals surface area contributed by atoms with E-state index in [0.717, 1.165) is 38.5 Å². The van der Waals surface area contributed by atoms with Crippen LogP contribution in [0.1, 0.15) is 148 Å². The van der Waals surface area contributed by atoms with Crippen LogP contribution in [0, 0.1) is 5.92 Å². The molecule has 0 rings (SSSR count). The van der Waals surface area contributed by atoms with Crippen molar-refractivity contribution < 1.29 is 63.0 Å². The highest BCUT2D eigenvalue weighted by molar-refractivity contribution is 5.84. The fourth-order valence-electron chi connectivity index (χ4n) is 5.78. The molecule has 332 valence electrons. The predicted molar refractivity (Wildman–Crippen MR) is 215 cm³/mol. The van der Waals surface area contributed by atoms with Crippen molar-refractivity contribution in [3.63, 3.8) is 0 Å². The predicted octanol–water partition coefficient (Wildman–Crippen LogP) is 5.24. The number of aliphatic carboxylic acids is 3. The number of nitrogens with one attached hydrogen (secondary N) is 3. The molecule has 0 aromatic rings. The molecule has 0 aliphatic heterocycles. The first-order valence-electron chi connectivity index (χ1n) is 21.3. The number of carbonyl (C=O) groups excluding carboxylic acids is 3. The first-order valence-corrected chi connectivity index (χ1v) is 21.3. The molecule has 6 N–H and O–H groups in total. The van der Waals surface area contributed by atoms with Gasteiger partial charge in [0.15, 0.2) is 0 Å². The van der Waals surface area contributed by atoms with Crippen LogP contribution in [-0.4, -0.2) is 123 Å². The molecular formula is C41H75N3O13. The molecule has 0 aliphatic carbocycles. The quantitative estimate of drug-likeness (QED) is 0.0433. The first kappa shape index (κ1) is 53.7. The van der Waals surface area contributed by atoms with Gasteiger partial charge in [0.2, 0.25) is 17.7 Å². The van der Waals surface area contributed by atoms with Crippen molar-refractivity contribution >= 4 is 35.6 Å². The van der Waals surface area contributed by atoms with Crippen LogP contribution in [-0.2, 0) is 47.7 Å². The summed E-state index contributed by atoms with van der Waals surface area (Å²) >= 11 is 0. The van der Waals surface area contributed by atoms with Gasteiger partial charge in [-0.1, -0.05) is 90.4 Å². The number of unbranched alkanes of at least 4 members (excludes halogenated alkanes) is 14. The second-order valence-corrected chi connectivity index (χ2v) is 14.5. The molecule has 0 radical (unpaired) electrons. The van der Waals surface area contributed by atoms with Gasteiger partial charge in [-0.15, -0.1) is 0 Å². The van der Waals surface area contributed by atoms with E-state index in [2.05, 4.69) is 16.0 Å². The van der Waals surface area contributed by atoms with Gasteiger partial charge in [-0.05, 0) is 32.1 Å². The topological polar surface area (TPSA) is 236 Å². The van der Waals surface area contributed by atoms with Gasteiger partial charge >= 0.3 is 17.9 Å². The lowest BCUT2D eigenvalue weighted by molar-refractivity contribution is -0.142. The van der Waals surface area contributed by atoms with E-state index in [4.69, 9.17) is 29.2 Å². The summed E-state index contributed by atoms with van der Waals surface area (Å²) in [5, 5.41) is 35.0. The highest BCUT2D eigenvalue weighted by Gasteiger charge is 2.21. The lowest BCUT2D eigenvalue weighted by Crippen LogP contribution is -2.41. The van der Waals surface area contributed by atoms with Gasteiger partial charge in [-0.3, -0.25) is 24.0 Å². The van der Waals surface area contributed by atoms with Crippen LogP contribution in [0.5, 0.6) is 0 Å². The molecule has 0 saturated heterocycles. The minimum absolute atomic E-state index is 0.0116. The summed E-state index contributed by atoms with van der Waals surface area (Å²) in [5.41, 5.74) is 0. The van der Waals surface area contributed by atoms with E-state index in [1.54, 1.807) is 6.92 Å². The van der Waals surface area contributed by atoms with Crippen LogP contribution >= 0.6 is 0 Å².